The molecule has 1 aromatic heterocycles. The molecule has 0 fully saturated rings. The number of nitrogens with zero attached hydrogens (tertiary/aromatic N) is 2. The highest BCUT2D eigenvalue weighted by Gasteiger charge is 2.36. The Morgan fingerprint density at radius 3 is 2.35 bits per heavy atom. The van der Waals surface area contributed by atoms with Crippen LogP contribution in [0, 0.1) is 25.1 Å². The van der Waals surface area contributed by atoms with Gasteiger partial charge in [-0.15, -0.1) is 0 Å². The van der Waals surface area contributed by atoms with Crippen LogP contribution >= 0.6 is 0 Å². The summed E-state index contributed by atoms with van der Waals surface area (Å²) in [6, 6.07) is 11.6. The minimum atomic E-state index is -1.21. The lowest BCUT2D eigenvalue weighted by Gasteiger charge is -2.36. The number of ether oxygens (including phenoxy) is 1. The van der Waals surface area contributed by atoms with Gasteiger partial charge >= 0.3 is 5.97 Å². The van der Waals surface area contributed by atoms with Gasteiger partial charge in [0.25, 0.3) is 5.91 Å². The fourth-order valence-electron chi connectivity index (χ4n) is 3.57. The Balaban J connectivity index is 1.96. The molecule has 3 rings (SSSR count). The summed E-state index contributed by atoms with van der Waals surface area (Å²) in [7, 11) is 0. The summed E-state index contributed by atoms with van der Waals surface area (Å²) in [6.45, 7) is 11.0. The third-order valence-electron chi connectivity index (χ3n) is 6.80. The van der Waals surface area contributed by atoms with Crippen molar-refractivity contribution >= 4 is 11.9 Å². The van der Waals surface area contributed by atoms with Crippen LogP contribution in [-0.4, -0.2) is 44.1 Å². The maximum Gasteiger partial charge on any atom is 0.305 e. The van der Waals surface area contributed by atoms with Crippen molar-refractivity contribution < 1.29 is 28.9 Å². The molecule has 0 saturated heterocycles. The molecule has 37 heavy (non-hydrogen) atoms. The average Bonchev–Trinajstić information content (AvgIpc) is 3.23. The summed E-state index contributed by atoms with van der Waals surface area (Å²) in [5, 5.41) is 27.5. The molecule has 0 saturated carbocycles. The number of nitrogens with one attached hydrogen (secondary N) is 1. The third kappa shape index (κ3) is 6.54. The molecule has 1 heterocycles. The Morgan fingerprint density at radius 1 is 1.11 bits per heavy atom. The van der Waals surface area contributed by atoms with Crippen molar-refractivity contribution in [1.29, 1.82) is 0 Å². The number of aromatic nitrogens is 2. The minimum absolute atomic E-state index is 0.0181. The number of hydrogen-bond donors (Lipinski definition) is 3. The topological polar surface area (TPSA) is 114 Å². The molecule has 198 valence electrons. The number of rotatable bonds is 9. The molecule has 2 atom stereocenters. The fourth-order valence-corrected chi connectivity index (χ4v) is 3.57. The second-order valence-electron chi connectivity index (χ2n) is 10.5. The minimum Gasteiger partial charge on any atom is -0.481 e. The van der Waals surface area contributed by atoms with Gasteiger partial charge in [-0.1, -0.05) is 39.0 Å². The number of amides is 1. The number of carbonyl (C=O) groups excluding carboxylic acids is 1. The third-order valence-corrected chi connectivity index (χ3v) is 6.80. The van der Waals surface area contributed by atoms with E-state index in [0.29, 0.717) is 11.3 Å². The smallest absolute Gasteiger partial charge is 0.305 e. The Morgan fingerprint density at radius 2 is 1.76 bits per heavy atom. The zero-order chi connectivity index (χ0) is 27.5. The van der Waals surface area contributed by atoms with Crippen molar-refractivity contribution in [3.8, 4) is 11.6 Å². The molecule has 0 bridgehead atoms. The summed E-state index contributed by atoms with van der Waals surface area (Å²) >= 11 is 0. The van der Waals surface area contributed by atoms with E-state index in [1.807, 2.05) is 46.8 Å². The number of carbonyl (C=O) groups is 2. The zero-order valence-corrected chi connectivity index (χ0v) is 22.0. The highest BCUT2D eigenvalue weighted by molar-refractivity contribution is 5.93. The van der Waals surface area contributed by atoms with Gasteiger partial charge in [0.2, 0.25) is 5.88 Å². The molecule has 0 radical (unpaired) electrons. The first-order chi connectivity index (χ1) is 17.2. The van der Waals surface area contributed by atoms with E-state index in [-0.39, 0.29) is 24.6 Å². The number of benzene rings is 2. The maximum atomic E-state index is 13.5. The zero-order valence-electron chi connectivity index (χ0n) is 22.0. The van der Waals surface area contributed by atoms with Crippen LogP contribution in [0.4, 0.5) is 4.39 Å². The van der Waals surface area contributed by atoms with Crippen molar-refractivity contribution in [3.63, 3.8) is 0 Å². The second-order valence-corrected chi connectivity index (χ2v) is 10.5. The van der Waals surface area contributed by atoms with Crippen LogP contribution in [0.5, 0.6) is 5.88 Å². The number of aliphatic hydroxyl groups is 1. The summed E-state index contributed by atoms with van der Waals surface area (Å²) in [6.07, 6.45) is -0.313. The maximum absolute atomic E-state index is 13.5. The lowest BCUT2D eigenvalue weighted by Crippen LogP contribution is -2.45. The van der Waals surface area contributed by atoms with E-state index < -0.39 is 34.8 Å². The van der Waals surface area contributed by atoms with Crippen LogP contribution in [0.2, 0.25) is 0 Å². The molecule has 8 nitrogen and oxygen atoms in total. The lowest BCUT2D eigenvalue weighted by atomic mass is 9.78. The molecule has 9 heteroatoms. The quantitative estimate of drug-likeness (QED) is 0.382. The van der Waals surface area contributed by atoms with Gasteiger partial charge in [0, 0.05) is 6.07 Å². The van der Waals surface area contributed by atoms with E-state index in [9.17, 15) is 24.2 Å². The molecule has 3 aromatic rings. The summed E-state index contributed by atoms with van der Waals surface area (Å²) in [5.41, 5.74) is 1.29. The van der Waals surface area contributed by atoms with Gasteiger partial charge in [0.05, 0.1) is 18.2 Å². The van der Waals surface area contributed by atoms with Crippen molar-refractivity contribution in [3.05, 3.63) is 76.7 Å². The fraction of sp³-hybridized carbons (Fsp3) is 0.393. The van der Waals surface area contributed by atoms with Gasteiger partial charge in [-0.3, -0.25) is 9.59 Å². The SMILES string of the molecule is Cc1cccc(C(CC(=O)O)NC(=O)c2cc(OCC(C)(O)C(C)(C)C)n(-c3ccc(F)cc3)n2)c1C. The molecule has 0 spiro atoms. The van der Waals surface area contributed by atoms with Crippen molar-refractivity contribution in [2.24, 2.45) is 5.41 Å². The van der Waals surface area contributed by atoms with Crippen LogP contribution < -0.4 is 10.1 Å². The summed E-state index contributed by atoms with van der Waals surface area (Å²) in [5.74, 6) is -1.92. The van der Waals surface area contributed by atoms with E-state index in [2.05, 4.69) is 10.4 Å². The van der Waals surface area contributed by atoms with Crippen LogP contribution in [0.1, 0.15) is 67.3 Å². The molecule has 0 aliphatic rings. The van der Waals surface area contributed by atoms with Gasteiger partial charge in [0.1, 0.15) is 18.0 Å². The molecular formula is C28H34FN3O5. The number of carboxylic acids is 1. The van der Waals surface area contributed by atoms with E-state index in [0.717, 1.165) is 11.1 Å². The van der Waals surface area contributed by atoms with E-state index in [4.69, 9.17) is 4.74 Å². The molecule has 0 aliphatic heterocycles. The lowest BCUT2D eigenvalue weighted by molar-refractivity contribution is -0.137. The normalized spacial score (nSPS) is 14.1. The number of aryl methyl sites for hydroxylation is 1. The Kier molecular flexibility index (Phi) is 8.07. The average molecular weight is 512 g/mol. The molecule has 3 N–H and O–H groups in total. The predicted molar refractivity (Wildman–Crippen MR) is 137 cm³/mol. The highest BCUT2D eigenvalue weighted by Crippen LogP contribution is 2.31. The van der Waals surface area contributed by atoms with E-state index in [1.54, 1.807) is 13.0 Å². The Bertz CT molecular complexity index is 1280. The first-order valence-corrected chi connectivity index (χ1v) is 12.0. The predicted octanol–water partition coefficient (Wildman–Crippen LogP) is 4.75. The first-order valence-electron chi connectivity index (χ1n) is 12.0. The van der Waals surface area contributed by atoms with Gasteiger partial charge < -0.3 is 20.3 Å². The second kappa shape index (κ2) is 10.7. The molecule has 2 unspecified atom stereocenters. The Hall–Kier alpha value is -3.72. The van der Waals surface area contributed by atoms with Crippen LogP contribution in [0.25, 0.3) is 5.69 Å². The van der Waals surface area contributed by atoms with Crippen LogP contribution in [0.15, 0.2) is 48.5 Å². The van der Waals surface area contributed by atoms with E-state index in [1.165, 1.54) is 35.0 Å². The van der Waals surface area contributed by atoms with Gasteiger partial charge in [-0.25, -0.2) is 9.07 Å². The number of carboxylic acid groups (broad SMARTS) is 1. The number of aliphatic carboxylic acids is 1. The molecular weight excluding hydrogens is 477 g/mol. The van der Waals surface area contributed by atoms with Gasteiger partial charge in [-0.2, -0.15) is 5.10 Å². The molecule has 2 aromatic carbocycles. The number of halogens is 1. The summed E-state index contributed by atoms with van der Waals surface area (Å²) in [4.78, 5) is 24.9. The number of hydrogen-bond acceptors (Lipinski definition) is 5. The summed E-state index contributed by atoms with van der Waals surface area (Å²) < 4.78 is 20.8. The van der Waals surface area contributed by atoms with E-state index >= 15 is 0 Å². The van der Waals surface area contributed by atoms with Crippen molar-refractivity contribution in [1.82, 2.24) is 15.1 Å². The largest absolute Gasteiger partial charge is 0.481 e. The standard InChI is InChI=1S/C28H34FN3O5/c1-17-8-7-9-21(18(17)2)22(15-25(33)34)30-26(35)23-14-24(37-16-28(6,36)27(3,4)5)32(31-23)20-12-10-19(29)11-13-20/h7-14,22,36H,15-16H2,1-6H3,(H,30,35)(H,33,34). The van der Waals surface area contributed by atoms with Gasteiger partial charge in [0.15, 0.2) is 5.69 Å². The molecule has 0 aliphatic carbocycles. The Labute approximate surface area is 216 Å². The first kappa shape index (κ1) is 27.9. The monoisotopic (exact) mass is 511 g/mol. The molecule has 1 amide bonds. The van der Waals surface area contributed by atoms with Gasteiger partial charge in [-0.05, 0) is 67.1 Å². The van der Waals surface area contributed by atoms with Crippen LogP contribution in [0.3, 0.4) is 0 Å². The van der Waals surface area contributed by atoms with Crippen molar-refractivity contribution in [2.45, 2.75) is 59.6 Å². The van der Waals surface area contributed by atoms with Crippen LogP contribution in [-0.2, 0) is 4.79 Å². The van der Waals surface area contributed by atoms with Crippen molar-refractivity contribution in [2.75, 3.05) is 6.61 Å². The highest BCUT2D eigenvalue weighted by atomic mass is 19.1.